The SMILES string of the molecule is Cc1cccc(CNNC(=O)[C@]2(Cc3ccccc3)COC(c3ccc(OCCCO)cc3)=N2)c1. The number of aliphatic hydroxyl groups excluding tert-OH is 1. The summed E-state index contributed by atoms with van der Waals surface area (Å²) in [6.07, 6.45) is 0.990. The maximum Gasteiger partial charge on any atom is 0.266 e. The van der Waals surface area contributed by atoms with Crippen LogP contribution < -0.4 is 15.6 Å². The van der Waals surface area contributed by atoms with E-state index in [1.165, 1.54) is 5.56 Å². The first-order chi connectivity index (χ1) is 17.1. The predicted octanol–water partition coefficient (Wildman–Crippen LogP) is 3.34. The normalized spacial score (nSPS) is 16.9. The molecule has 3 aromatic rings. The molecular weight excluding hydrogens is 442 g/mol. The van der Waals surface area contributed by atoms with Crippen LogP contribution in [0.1, 0.15) is 28.7 Å². The standard InChI is InChI=1S/C28H31N3O4/c1-21-7-5-10-23(17-21)19-29-31-27(33)28(18-22-8-3-2-4-9-22)20-35-26(30-28)24-11-13-25(14-12-24)34-16-6-15-32/h2-5,7-14,17,29,32H,6,15-16,18-20H2,1H3,(H,31,33)/t28-/m0/s1. The molecule has 0 radical (unpaired) electrons. The molecule has 1 amide bonds. The van der Waals surface area contributed by atoms with Crippen molar-refractivity contribution in [3.63, 3.8) is 0 Å². The molecule has 1 aliphatic heterocycles. The zero-order valence-corrected chi connectivity index (χ0v) is 19.9. The van der Waals surface area contributed by atoms with Gasteiger partial charge in [0.25, 0.3) is 5.91 Å². The summed E-state index contributed by atoms with van der Waals surface area (Å²) in [5.74, 6) is 0.888. The van der Waals surface area contributed by atoms with Gasteiger partial charge in [-0.25, -0.2) is 10.4 Å². The molecule has 3 aromatic carbocycles. The summed E-state index contributed by atoms with van der Waals surface area (Å²) in [5.41, 5.74) is 8.82. The van der Waals surface area contributed by atoms with Gasteiger partial charge in [-0.1, -0.05) is 60.2 Å². The quantitative estimate of drug-likeness (QED) is 0.294. The molecular formula is C28H31N3O4. The van der Waals surface area contributed by atoms with E-state index >= 15 is 0 Å². The maximum atomic E-state index is 13.4. The molecule has 1 atom stereocenters. The zero-order chi connectivity index (χ0) is 24.5. The molecule has 0 spiro atoms. The number of aryl methyl sites for hydroxylation is 1. The van der Waals surface area contributed by atoms with E-state index in [-0.39, 0.29) is 19.1 Å². The lowest BCUT2D eigenvalue weighted by atomic mass is 9.91. The Morgan fingerprint density at radius 1 is 1.06 bits per heavy atom. The maximum absolute atomic E-state index is 13.4. The van der Waals surface area contributed by atoms with Crippen molar-refractivity contribution < 1.29 is 19.4 Å². The number of ether oxygens (including phenoxy) is 2. The van der Waals surface area contributed by atoms with Crippen molar-refractivity contribution in [3.05, 3.63) is 101 Å². The summed E-state index contributed by atoms with van der Waals surface area (Å²) in [6, 6.07) is 25.3. The van der Waals surface area contributed by atoms with Crippen LogP contribution in [0.15, 0.2) is 83.9 Å². The van der Waals surface area contributed by atoms with Crippen LogP contribution in [0.4, 0.5) is 0 Å². The molecule has 7 nitrogen and oxygen atoms in total. The number of nitrogens with one attached hydrogen (secondary N) is 2. The highest BCUT2D eigenvalue weighted by Crippen LogP contribution is 2.27. The van der Waals surface area contributed by atoms with Crippen LogP contribution in [0.5, 0.6) is 5.75 Å². The minimum atomic E-state index is -1.09. The van der Waals surface area contributed by atoms with E-state index in [0.29, 0.717) is 37.6 Å². The van der Waals surface area contributed by atoms with E-state index < -0.39 is 5.54 Å². The molecule has 0 aliphatic carbocycles. The van der Waals surface area contributed by atoms with Crippen molar-refractivity contribution >= 4 is 11.8 Å². The molecule has 0 unspecified atom stereocenters. The number of hydrazine groups is 1. The molecule has 0 aromatic heterocycles. The average Bonchev–Trinajstić information content (AvgIpc) is 3.30. The summed E-state index contributed by atoms with van der Waals surface area (Å²) in [7, 11) is 0. The Bertz CT molecular complexity index is 1150. The predicted molar refractivity (Wildman–Crippen MR) is 135 cm³/mol. The second-order valence-corrected chi connectivity index (χ2v) is 8.65. The van der Waals surface area contributed by atoms with Crippen molar-refractivity contribution in [1.29, 1.82) is 0 Å². The highest BCUT2D eigenvalue weighted by atomic mass is 16.5. The molecule has 3 N–H and O–H groups in total. The highest BCUT2D eigenvalue weighted by Gasteiger charge is 2.44. The van der Waals surface area contributed by atoms with E-state index in [4.69, 9.17) is 19.6 Å². The summed E-state index contributed by atoms with van der Waals surface area (Å²) >= 11 is 0. The van der Waals surface area contributed by atoms with E-state index in [9.17, 15) is 4.79 Å². The number of rotatable bonds is 11. The molecule has 1 aliphatic rings. The fraction of sp³-hybridized carbons (Fsp3) is 0.286. The first-order valence-electron chi connectivity index (χ1n) is 11.8. The van der Waals surface area contributed by atoms with Crippen molar-refractivity contribution in [3.8, 4) is 5.75 Å². The Hall–Kier alpha value is -3.68. The van der Waals surface area contributed by atoms with E-state index in [0.717, 1.165) is 16.7 Å². The van der Waals surface area contributed by atoms with Gasteiger partial charge in [-0.05, 0) is 42.3 Å². The molecule has 0 fully saturated rings. The molecule has 0 saturated carbocycles. The van der Waals surface area contributed by atoms with Crippen LogP contribution >= 0.6 is 0 Å². The first kappa shape index (κ1) is 24.4. The van der Waals surface area contributed by atoms with Gasteiger partial charge in [-0.2, -0.15) is 0 Å². The van der Waals surface area contributed by atoms with Gasteiger partial charge in [0, 0.05) is 31.6 Å². The minimum absolute atomic E-state index is 0.0914. The first-order valence-corrected chi connectivity index (χ1v) is 11.8. The lowest BCUT2D eigenvalue weighted by molar-refractivity contribution is -0.127. The Morgan fingerprint density at radius 2 is 1.83 bits per heavy atom. The third-order valence-corrected chi connectivity index (χ3v) is 5.77. The Labute approximate surface area is 205 Å². The van der Waals surface area contributed by atoms with Crippen LogP contribution in [0.3, 0.4) is 0 Å². The lowest BCUT2D eigenvalue weighted by Crippen LogP contribution is -2.52. The lowest BCUT2D eigenvalue weighted by Gasteiger charge is -2.23. The number of carbonyl (C=O) groups excluding carboxylic acids is 1. The topological polar surface area (TPSA) is 92.2 Å². The molecule has 35 heavy (non-hydrogen) atoms. The average molecular weight is 474 g/mol. The molecule has 4 rings (SSSR count). The summed E-state index contributed by atoms with van der Waals surface area (Å²) in [4.78, 5) is 18.2. The number of benzene rings is 3. The van der Waals surface area contributed by atoms with Gasteiger partial charge >= 0.3 is 0 Å². The molecule has 182 valence electrons. The van der Waals surface area contributed by atoms with Crippen LogP contribution in [-0.4, -0.2) is 42.3 Å². The smallest absolute Gasteiger partial charge is 0.266 e. The van der Waals surface area contributed by atoms with Crippen molar-refractivity contribution in [2.45, 2.75) is 31.8 Å². The van der Waals surface area contributed by atoms with Gasteiger partial charge in [-0.3, -0.25) is 10.2 Å². The highest BCUT2D eigenvalue weighted by molar-refractivity contribution is 6.00. The largest absolute Gasteiger partial charge is 0.494 e. The molecule has 1 heterocycles. The zero-order valence-electron chi connectivity index (χ0n) is 19.9. The van der Waals surface area contributed by atoms with Crippen LogP contribution in [0, 0.1) is 6.92 Å². The number of aliphatic hydroxyl groups is 1. The third-order valence-electron chi connectivity index (χ3n) is 5.77. The number of carbonyl (C=O) groups is 1. The summed E-state index contributed by atoms with van der Waals surface area (Å²) < 4.78 is 11.6. The molecule has 0 bridgehead atoms. The van der Waals surface area contributed by atoms with Gasteiger partial charge in [0.2, 0.25) is 5.90 Å². The van der Waals surface area contributed by atoms with Gasteiger partial charge in [0.05, 0.1) is 6.61 Å². The minimum Gasteiger partial charge on any atom is -0.494 e. The summed E-state index contributed by atoms with van der Waals surface area (Å²) in [5, 5.41) is 8.91. The number of nitrogens with zero attached hydrogens (tertiary/aromatic N) is 1. The van der Waals surface area contributed by atoms with E-state index in [1.54, 1.807) is 0 Å². The third kappa shape index (κ3) is 6.47. The van der Waals surface area contributed by atoms with Crippen molar-refractivity contribution in [2.24, 2.45) is 4.99 Å². The Kier molecular flexibility index (Phi) is 8.13. The number of hydrogen-bond donors (Lipinski definition) is 3. The van der Waals surface area contributed by atoms with Crippen molar-refractivity contribution in [1.82, 2.24) is 10.9 Å². The van der Waals surface area contributed by atoms with Crippen LogP contribution in [0.25, 0.3) is 0 Å². The van der Waals surface area contributed by atoms with Crippen LogP contribution in [-0.2, 0) is 22.5 Å². The molecule has 7 heteroatoms. The van der Waals surface area contributed by atoms with Crippen LogP contribution in [0.2, 0.25) is 0 Å². The second-order valence-electron chi connectivity index (χ2n) is 8.65. The number of aliphatic imine (C=N–C) groups is 1. The number of amides is 1. The fourth-order valence-electron chi connectivity index (χ4n) is 3.93. The van der Waals surface area contributed by atoms with Gasteiger partial charge in [-0.15, -0.1) is 0 Å². The van der Waals surface area contributed by atoms with E-state index in [2.05, 4.69) is 16.9 Å². The van der Waals surface area contributed by atoms with Gasteiger partial charge < -0.3 is 14.6 Å². The molecule has 0 saturated heterocycles. The fourth-order valence-corrected chi connectivity index (χ4v) is 3.93. The Balaban J connectivity index is 1.49. The Morgan fingerprint density at radius 3 is 2.57 bits per heavy atom. The number of hydrogen-bond acceptors (Lipinski definition) is 6. The van der Waals surface area contributed by atoms with Crippen molar-refractivity contribution in [2.75, 3.05) is 19.8 Å². The van der Waals surface area contributed by atoms with Gasteiger partial charge in [0.1, 0.15) is 12.4 Å². The monoisotopic (exact) mass is 473 g/mol. The second kappa shape index (κ2) is 11.6. The van der Waals surface area contributed by atoms with E-state index in [1.807, 2.05) is 79.7 Å². The van der Waals surface area contributed by atoms with Gasteiger partial charge in [0.15, 0.2) is 5.54 Å². The summed E-state index contributed by atoms with van der Waals surface area (Å²) in [6.45, 7) is 3.22.